The summed E-state index contributed by atoms with van der Waals surface area (Å²) in [5, 5.41) is 13.8. The summed E-state index contributed by atoms with van der Waals surface area (Å²) in [6, 6.07) is 3.94. The Morgan fingerprint density at radius 1 is 1.32 bits per heavy atom. The van der Waals surface area contributed by atoms with Gasteiger partial charge in [0.1, 0.15) is 5.82 Å². The standard InChI is InChI=1S/C12H18N6O/c13-8-4-2-1-3-5-9(8)14-10-6-7-11-15-16-12(19)18(11)17-10/h6-9H,1-5,13H2,(H,14,17)(H,16,19). The highest BCUT2D eigenvalue weighted by molar-refractivity contribution is 5.43. The van der Waals surface area contributed by atoms with Gasteiger partial charge in [-0.05, 0) is 25.0 Å². The molecule has 3 rings (SSSR count). The van der Waals surface area contributed by atoms with Gasteiger partial charge < -0.3 is 11.1 Å². The summed E-state index contributed by atoms with van der Waals surface area (Å²) in [6.07, 6.45) is 5.68. The lowest BCUT2D eigenvalue weighted by molar-refractivity contribution is 0.526. The van der Waals surface area contributed by atoms with E-state index in [1.54, 1.807) is 6.07 Å². The van der Waals surface area contributed by atoms with E-state index in [1.807, 2.05) is 6.07 Å². The van der Waals surface area contributed by atoms with Crippen molar-refractivity contribution in [3.05, 3.63) is 22.6 Å². The molecule has 102 valence electrons. The van der Waals surface area contributed by atoms with E-state index in [9.17, 15) is 4.79 Å². The van der Waals surface area contributed by atoms with Gasteiger partial charge in [0.05, 0.1) is 0 Å². The van der Waals surface area contributed by atoms with Crippen LogP contribution in [-0.2, 0) is 0 Å². The lowest BCUT2D eigenvalue weighted by Gasteiger charge is -2.23. The van der Waals surface area contributed by atoms with Crippen LogP contribution in [-0.4, -0.2) is 31.9 Å². The van der Waals surface area contributed by atoms with Gasteiger partial charge in [0, 0.05) is 12.1 Å². The zero-order chi connectivity index (χ0) is 13.2. The highest BCUT2D eigenvalue weighted by atomic mass is 16.2. The predicted molar refractivity (Wildman–Crippen MR) is 72.1 cm³/mol. The smallest absolute Gasteiger partial charge is 0.364 e. The minimum Gasteiger partial charge on any atom is -0.364 e. The third kappa shape index (κ3) is 2.46. The second kappa shape index (κ2) is 5.00. The van der Waals surface area contributed by atoms with Crippen molar-refractivity contribution in [3.8, 4) is 0 Å². The molecule has 1 aliphatic rings. The molecule has 0 aromatic carbocycles. The number of anilines is 1. The Kier molecular flexibility index (Phi) is 3.20. The summed E-state index contributed by atoms with van der Waals surface area (Å²) in [5.41, 5.74) is 6.36. The SMILES string of the molecule is NC1CCCCCC1Nc1ccc2n[nH]c(=O)n2n1. The number of hydrogen-bond donors (Lipinski definition) is 3. The first kappa shape index (κ1) is 12.2. The molecule has 0 radical (unpaired) electrons. The Labute approximate surface area is 110 Å². The van der Waals surface area contributed by atoms with Crippen LogP contribution in [0.1, 0.15) is 32.1 Å². The molecule has 7 nitrogen and oxygen atoms in total. The molecule has 1 aliphatic carbocycles. The molecule has 2 aromatic heterocycles. The second-order valence-electron chi connectivity index (χ2n) is 5.07. The van der Waals surface area contributed by atoms with Crippen molar-refractivity contribution in [2.24, 2.45) is 5.73 Å². The van der Waals surface area contributed by atoms with Crippen molar-refractivity contribution >= 4 is 11.5 Å². The largest absolute Gasteiger partial charge is 0.364 e. The average Bonchev–Trinajstić information content (AvgIpc) is 2.65. The molecule has 0 spiro atoms. The van der Waals surface area contributed by atoms with Crippen LogP contribution in [0.25, 0.3) is 5.65 Å². The van der Waals surface area contributed by atoms with Crippen molar-refractivity contribution in [2.45, 2.75) is 44.2 Å². The minimum atomic E-state index is -0.330. The van der Waals surface area contributed by atoms with Gasteiger partial charge in [-0.3, -0.25) is 0 Å². The quantitative estimate of drug-likeness (QED) is 0.684. The zero-order valence-corrected chi connectivity index (χ0v) is 10.7. The first-order valence-corrected chi connectivity index (χ1v) is 6.70. The van der Waals surface area contributed by atoms with Gasteiger partial charge in [-0.2, -0.15) is 9.61 Å². The van der Waals surface area contributed by atoms with Crippen molar-refractivity contribution in [2.75, 3.05) is 5.32 Å². The van der Waals surface area contributed by atoms with Crippen molar-refractivity contribution in [1.29, 1.82) is 0 Å². The molecule has 1 fully saturated rings. The molecule has 1 saturated carbocycles. The fraction of sp³-hybridized carbons (Fsp3) is 0.583. The van der Waals surface area contributed by atoms with Crippen LogP contribution in [0.3, 0.4) is 0 Å². The topological polar surface area (TPSA) is 101 Å². The van der Waals surface area contributed by atoms with Gasteiger partial charge in [0.15, 0.2) is 5.65 Å². The monoisotopic (exact) mass is 262 g/mol. The van der Waals surface area contributed by atoms with Gasteiger partial charge in [0.2, 0.25) is 0 Å². The maximum Gasteiger partial charge on any atom is 0.364 e. The molecular weight excluding hydrogens is 244 g/mol. The third-order valence-electron chi connectivity index (χ3n) is 3.68. The number of rotatable bonds is 2. The molecule has 4 N–H and O–H groups in total. The number of fused-ring (bicyclic) bond motifs is 1. The predicted octanol–water partition coefficient (Wildman–Crippen LogP) is 0.489. The fourth-order valence-corrected chi connectivity index (χ4v) is 2.59. The molecule has 0 saturated heterocycles. The summed E-state index contributed by atoms with van der Waals surface area (Å²) in [7, 11) is 0. The Morgan fingerprint density at radius 2 is 2.16 bits per heavy atom. The number of aromatic nitrogens is 4. The van der Waals surface area contributed by atoms with Gasteiger partial charge >= 0.3 is 5.69 Å². The van der Waals surface area contributed by atoms with Gasteiger partial charge in [-0.15, -0.1) is 5.10 Å². The molecule has 2 aromatic rings. The highest BCUT2D eigenvalue weighted by Gasteiger charge is 2.20. The average molecular weight is 262 g/mol. The Bertz CT molecular complexity index is 618. The van der Waals surface area contributed by atoms with Crippen LogP contribution in [0.2, 0.25) is 0 Å². The summed E-state index contributed by atoms with van der Waals surface area (Å²) >= 11 is 0. The molecule has 19 heavy (non-hydrogen) atoms. The first-order chi connectivity index (χ1) is 9.24. The van der Waals surface area contributed by atoms with E-state index in [4.69, 9.17) is 5.73 Å². The molecule has 2 heterocycles. The zero-order valence-electron chi connectivity index (χ0n) is 10.7. The van der Waals surface area contributed by atoms with Crippen LogP contribution >= 0.6 is 0 Å². The van der Waals surface area contributed by atoms with Gasteiger partial charge in [-0.25, -0.2) is 9.89 Å². The Morgan fingerprint density at radius 3 is 3.05 bits per heavy atom. The molecular formula is C12H18N6O. The number of H-pyrrole nitrogens is 1. The highest BCUT2D eigenvalue weighted by Crippen LogP contribution is 2.19. The summed E-state index contributed by atoms with van der Waals surface area (Å²) in [4.78, 5) is 11.5. The van der Waals surface area contributed by atoms with Crippen molar-refractivity contribution in [1.82, 2.24) is 19.8 Å². The Hall–Kier alpha value is -1.89. The number of nitrogens with one attached hydrogen (secondary N) is 2. The fourth-order valence-electron chi connectivity index (χ4n) is 2.59. The molecule has 2 atom stereocenters. The van der Waals surface area contributed by atoms with E-state index in [1.165, 1.54) is 23.8 Å². The summed E-state index contributed by atoms with van der Waals surface area (Å²) in [6.45, 7) is 0. The number of nitrogens with two attached hydrogens (primary N) is 1. The maximum atomic E-state index is 11.5. The van der Waals surface area contributed by atoms with Crippen LogP contribution in [0.4, 0.5) is 5.82 Å². The van der Waals surface area contributed by atoms with Crippen molar-refractivity contribution in [3.63, 3.8) is 0 Å². The molecule has 0 aliphatic heterocycles. The molecule has 2 unspecified atom stereocenters. The molecule has 7 heteroatoms. The van der Waals surface area contributed by atoms with Gasteiger partial charge in [-0.1, -0.05) is 19.3 Å². The lowest BCUT2D eigenvalue weighted by Crippen LogP contribution is -2.39. The van der Waals surface area contributed by atoms with Crippen LogP contribution in [0, 0.1) is 0 Å². The molecule has 0 bridgehead atoms. The third-order valence-corrected chi connectivity index (χ3v) is 3.68. The Balaban J connectivity index is 1.83. The summed E-state index contributed by atoms with van der Waals surface area (Å²) in [5.74, 6) is 0.665. The van der Waals surface area contributed by atoms with E-state index < -0.39 is 0 Å². The molecule has 0 amide bonds. The van der Waals surface area contributed by atoms with Crippen LogP contribution in [0.5, 0.6) is 0 Å². The van der Waals surface area contributed by atoms with E-state index in [-0.39, 0.29) is 17.8 Å². The first-order valence-electron chi connectivity index (χ1n) is 6.70. The van der Waals surface area contributed by atoms with Crippen LogP contribution < -0.4 is 16.7 Å². The summed E-state index contributed by atoms with van der Waals surface area (Å²) < 4.78 is 1.25. The van der Waals surface area contributed by atoms with Crippen molar-refractivity contribution < 1.29 is 0 Å². The number of aromatic amines is 1. The number of nitrogens with zero attached hydrogens (tertiary/aromatic N) is 3. The normalized spacial score (nSPS) is 24.3. The van der Waals surface area contributed by atoms with E-state index >= 15 is 0 Å². The number of hydrogen-bond acceptors (Lipinski definition) is 5. The maximum absolute atomic E-state index is 11.5. The van der Waals surface area contributed by atoms with E-state index in [0.29, 0.717) is 11.5 Å². The van der Waals surface area contributed by atoms with E-state index in [0.717, 1.165) is 12.8 Å². The van der Waals surface area contributed by atoms with Gasteiger partial charge in [0.25, 0.3) is 0 Å². The lowest BCUT2D eigenvalue weighted by atomic mass is 10.0. The van der Waals surface area contributed by atoms with E-state index in [2.05, 4.69) is 20.6 Å². The minimum absolute atomic E-state index is 0.140. The van der Waals surface area contributed by atoms with Crippen LogP contribution in [0.15, 0.2) is 16.9 Å². The second-order valence-corrected chi connectivity index (χ2v) is 5.07.